The van der Waals surface area contributed by atoms with Gasteiger partial charge in [0.15, 0.2) is 0 Å². The SMILES string of the molecule is CCCCN(C(C)CC(C)(NCCC)C(=O)O)C1CC1. The van der Waals surface area contributed by atoms with E-state index < -0.39 is 11.5 Å². The van der Waals surface area contributed by atoms with E-state index in [1.807, 2.05) is 6.92 Å². The predicted octanol–water partition coefficient (Wildman–Crippen LogP) is 2.87. The van der Waals surface area contributed by atoms with Crippen LogP contribution in [0.3, 0.4) is 0 Å². The molecule has 118 valence electrons. The van der Waals surface area contributed by atoms with Gasteiger partial charge in [-0.1, -0.05) is 20.3 Å². The molecule has 0 aromatic rings. The third-order valence-corrected chi connectivity index (χ3v) is 4.29. The highest BCUT2D eigenvalue weighted by Gasteiger charge is 2.38. The summed E-state index contributed by atoms with van der Waals surface area (Å²) >= 11 is 0. The van der Waals surface area contributed by atoms with Crippen molar-refractivity contribution in [2.24, 2.45) is 0 Å². The first-order valence-corrected chi connectivity index (χ1v) is 8.18. The van der Waals surface area contributed by atoms with Crippen molar-refractivity contribution < 1.29 is 9.90 Å². The van der Waals surface area contributed by atoms with Gasteiger partial charge in [0.05, 0.1) is 0 Å². The number of nitrogens with zero attached hydrogens (tertiary/aromatic N) is 1. The van der Waals surface area contributed by atoms with Crippen LogP contribution >= 0.6 is 0 Å². The van der Waals surface area contributed by atoms with Crippen molar-refractivity contribution in [2.75, 3.05) is 13.1 Å². The number of aliphatic carboxylic acids is 1. The summed E-state index contributed by atoms with van der Waals surface area (Å²) in [4.78, 5) is 14.1. The van der Waals surface area contributed by atoms with E-state index in [0.717, 1.165) is 19.5 Å². The van der Waals surface area contributed by atoms with Gasteiger partial charge in [-0.3, -0.25) is 9.69 Å². The number of hydrogen-bond acceptors (Lipinski definition) is 3. The van der Waals surface area contributed by atoms with Gasteiger partial charge in [0, 0.05) is 12.1 Å². The Labute approximate surface area is 123 Å². The zero-order valence-electron chi connectivity index (χ0n) is 13.6. The molecule has 0 heterocycles. The molecule has 0 aromatic carbocycles. The predicted molar refractivity (Wildman–Crippen MR) is 83.0 cm³/mol. The molecule has 2 N–H and O–H groups in total. The van der Waals surface area contributed by atoms with Crippen LogP contribution in [0.15, 0.2) is 0 Å². The number of carbonyl (C=O) groups is 1. The van der Waals surface area contributed by atoms with Crippen molar-refractivity contribution in [1.29, 1.82) is 0 Å². The summed E-state index contributed by atoms with van der Waals surface area (Å²) in [5.41, 5.74) is -0.811. The van der Waals surface area contributed by atoms with Gasteiger partial charge in [-0.2, -0.15) is 0 Å². The maximum Gasteiger partial charge on any atom is 0.323 e. The molecule has 2 atom stereocenters. The molecule has 1 rings (SSSR count). The Kier molecular flexibility index (Phi) is 6.96. The molecule has 2 unspecified atom stereocenters. The Bertz CT molecular complexity index is 305. The molecule has 20 heavy (non-hydrogen) atoms. The molecule has 0 spiro atoms. The van der Waals surface area contributed by atoms with Gasteiger partial charge in [0.25, 0.3) is 0 Å². The van der Waals surface area contributed by atoms with Gasteiger partial charge in [0.2, 0.25) is 0 Å². The van der Waals surface area contributed by atoms with Gasteiger partial charge in [-0.05, 0) is 59.0 Å². The summed E-state index contributed by atoms with van der Waals surface area (Å²) in [5.74, 6) is -0.732. The molecule has 1 fully saturated rings. The molecule has 0 radical (unpaired) electrons. The normalized spacial score (nSPS) is 19.9. The topological polar surface area (TPSA) is 52.6 Å². The summed E-state index contributed by atoms with van der Waals surface area (Å²) < 4.78 is 0. The standard InChI is InChI=1S/C16H32N2O2/c1-5-7-11-18(14-8-9-14)13(3)12-16(4,15(19)20)17-10-6-2/h13-14,17H,5-12H2,1-4H3,(H,19,20). The van der Waals surface area contributed by atoms with E-state index in [-0.39, 0.29) is 0 Å². The van der Waals surface area contributed by atoms with Crippen LogP contribution in [0.1, 0.15) is 66.2 Å². The summed E-state index contributed by atoms with van der Waals surface area (Å²) in [7, 11) is 0. The van der Waals surface area contributed by atoms with Gasteiger partial charge < -0.3 is 10.4 Å². The molecular formula is C16H32N2O2. The lowest BCUT2D eigenvalue weighted by Crippen LogP contribution is -2.54. The van der Waals surface area contributed by atoms with Crippen molar-refractivity contribution >= 4 is 5.97 Å². The minimum atomic E-state index is -0.811. The molecule has 1 aliphatic carbocycles. The molecular weight excluding hydrogens is 252 g/mol. The summed E-state index contributed by atoms with van der Waals surface area (Å²) in [6, 6.07) is 1.01. The van der Waals surface area contributed by atoms with E-state index in [0.29, 0.717) is 18.5 Å². The Morgan fingerprint density at radius 3 is 2.50 bits per heavy atom. The monoisotopic (exact) mass is 284 g/mol. The molecule has 1 aliphatic rings. The zero-order valence-corrected chi connectivity index (χ0v) is 13.6. The van der Waals surface area contributed by atoms with Gasteiger partial charge in [0.1, 0.15) is 5.54 Å². The molecule has 0 aliphatic heterocycles. The quantitative estimate of drug-likeness (QED) is 0.612. The van der Waals surface area contributed by atoms with Crippen LogP contribution in [-0.2, 0) is 4.79 Å². The van der Waals surface area contributed by atoms with Crippen molar-refractivity contribution in [1.82, 2.24) is 10.2 Å². The Morgan fingerprint density at radius 2 is 2.05 bits per heavy atom. The Morgan fingerprint density at radius 1 is 1.40 bits per heavy atom. The van der Waals surface area contributed by atoms with Crippen LogP contribution in [0.4, 0.5) is 0 Å². The number of hydrogen-bond donors (Lipinski definition) is 2. The molecule has 0 bridgehead atoms. The summed E-state index contributed by atoms with van der Waals surface area (Å²) in [6.45, 7) is 10.1. The molecule has 4 nitrogen and oxygen atoms in total. The van der Waals surface area contributed by atoms with Crippen LogP contribution in [-0.4, -0.2) is 46.7 Å². The maximum atomic E-state index is 11.6. The maximum absolute atomic E-state index is 11.6. The van der Waals surface area contributed by atoms with E-state index in [2.05, 4.69) is 31.0 Å². The number of carboxylic acids is 1. The molecule has 0 saturated heterocycles. The Balaban J connectivity index is 2.62. The summed E-state index contributed by atoms with van der Waals surface area (Å²) in [5, 5.41) is 12.8. The minimum Gasteiger partial charge on any atom is -0.480 e. The minimum absolute atomic E-state index is 0.319. The Hall–Kier alpha value is -0.610. The fourth-order valence-electron chi connectivity index (χ4n) is 2.85. The number of nitrogens with one attached hydrogen (secondary N) is 1. The van der Waals surface area contributed by atoms with E-state index in [1.54, 1.807) is 0 Å². The molecule has 4 heteroatoms. The highest BCUT2D eigenvalue weighted by atomic mass is 16.4. The van der Waals surface area contributed by atoms with Crippen LogP contribution in [0, 0.1) is 0 Å². The molecule has 0 amide bonds. The van der Waals surface area contributed by atoms with Gasteiger partial charge in [-0.15, -0.1) is 0 Å². The van der Waals surface area contributed by atoms with E-state index in [9.17, 15) is 9.90 Å². The zero-order chi connectivity index (χ0) is 15.2. The lowest BCUT2D eigenvalue weighted by atomic mass is 9.92. The fraction of sp³-hybridized carbons (Fsp3) is 0.938. The van der Waals surface area contributed by atoms with Crippen molar-refractivity contribution in [3.63, 3.8) is 0 Å². The lowest BCUT2D eigenvalue weighted by Gasteiger charge is -2.35. The first-order chi connectivity index (χ1) is 9.44. The molecule has 0 aromatic heterocycles. The van der Waals surface area contributed by atoms with Crippen LogP contribution in [0.25, 0.3) is 0 Å². The average molecular weight is 284 g/mol. The second-order valence-corrected chi connectivity index (χ2v) is 6.44. The van der Waals surface area contributed by atoms with Crippen molar-refractivity contribution in [3.05, 3.63) is 0 Å². The number of rotatable bonds is 11. The van der Waals surface area contributed by atoms with E-state index >= 15 is 0 Å². The number of carboxylic acid groups (broad SMARTS) is 1. The third kappa shape index (κ3) is 5.06. The van der Waals surface area contributed by atoms with Crippen molar-refractivity contribution in [2.45, 2.75) is 83.8 Å². The third-order valence-electron chi connectivity index (χ3n) is 4.29. The highest BCUT2D eigenvalue weighted by Crippen LogP contribution is 2.31. The smallest absolute Gasteiger partial charge is 0.323 e. The van der Waals surface area contributed by atoms with Gasteiger partial charge >= 0.3 is 5.97 Å². The van der Waals surface area contributed by atoms with E-state index in [1.165, 1.54) is 25.7 Å². The fourth-order valence-corrected chi connectivity index (χ4v) is 2.85. The van der Waals surface area contributed by atoms with Gasteiger partial charge in [-0.25, -0.2) is 0 Å². The second-order valence-electron chi connectivity index (χ2n) is 6.44. The first-order valence-electron chi connectivity index (χ1n) is 8.18. The lowest BCUT2D eigenvalue weighted by molar-refractivity contribution is -0.145. The molecule has 1 saturated carbocycles. The van der Waals surface area contributed by atoms with Crippen LogP contribution < -0.4 is 5.32 Å². The first kappa shape index (κ1) is 17.4. The van der Waals surface area contributed by atoms with Crippen LogP contribution in [0.5, 0.6) is 0 Å². The average Bonchev–Trinajstić information content (AvgIpc) is 3.21. The largest absolute Gasteiger partial charge is 0.480 e. The van der Waals surface area contributed by atoms with E-state index in [4.69, 9.17) is 0 Å². The highest BCUT2D eigenvalue weighted by molar-refractivity contribution is 5.78. The number of unbranched alkanes of at least 4 members (excludes halogenated alkanes) is 1. The summed E-state index contributed by atoms with van der Waals surface area (Å²) in [6.07, 6.45) is 6.58. The van der Waals surface area contributed by atoms with Crippen LogP contribution in [0.2, 0.25) is 0 Å². The van der Waals surface area contributed by atoms with Crippen molar-refractivity contribution in [3.8, 4) is 0 Å². The second kappa shape index (κ2) is 7.99.